The van der Waals surface area contributed by atoms with Gasteiger partial charge in [0.2, 0.25) is 0 Å². The van der Waals surface area contributed by atoms with Crippen LogP contribution >= 0.6 is 11.8 Å². The van der Waals surface area contributed by atoms with Crippen molar-refractivity contribution < 1.29 is 8.85 Å². The van der Waals surface area contributed by atoms with Gasteiger partial charge in [-0.3, -0.25) is 0 Å². The first-order valence-electron chi connectivity index (χ1n) is 19.1. The summed E-state index contributed by atoms with van der Waals surface area (Å²) >= 11 is 1.40. The van der Waals surface area contributed by atoms with Crippen molar-refractivity contribution in [3.63, 3.8) is 0 Å². The lowest BCUT2D eigenvalue weighted by molar-refractivity contribution is 0.276. The molecule has 2 aliphatic rings. The van der Waals surface area contributed by atoms with Gasteiger partial charge in [0, 0.05) is 23.5 Å². The standard InChI is InChI=1S/C45H64N4O2SSi2/c1-42(2,3)53(11,12)50-26-24-49(25-27-51-54(13,14)43(4,5)6)38-22-20-34(21-23-38)18-19-36-28-35(29-44(7,8)30-36)16-15-17-40-39(33-48)41(37(31-46)32-47)52-45(40,9)10/h15-23,28H,24-27,29-30H2,1-14H3/b17-15+,19-18+,35-16-. The van der Waals surface area contributed by atoms with E-state index in [1.807, 2.05) is 38.1 Å². The Morgan fingerprint density at radius 3 is 1.83 bits per heavy atom. The number of hydrogen-bond acceptors (Lipinski definition) is 7. The molecule has 0 atom stereocenters. The van der Waals surface area contributed by atoms with E-state index in [4.69, 9.17) is 8.85 Å². The van der Waals surface area contributed by atoms with Crippen LogP contribution in [-0.2, 0) is 8.85 Å². The molecule has 0 aromatic heterocycles. The van der Waals surface area contributed by atoms with E-state index >= 15 is 0 Å². The van der Waals surface area contributed by atoms with Gasteiger partial charge in [-0.25, -0.2) is 0 Å². The van der Waals surface area contributed by atoms with Crippen molar-refractivity contribution in [2.75, 3.05) is 31.2 Å². The summed E-state index contributed by atoms with van der Waals surface area (Å²) in [7, 11) is -3.70. The normalized spacial score (nSPS) is 18.5. The van der Waals surface area contributed by atoms with Gasteiger partial charge in [0.05, 0.1) is 23.7 Å². The quantitative estimate of drug-likeness (QED) is 0.145. The van der Waals surface area contributed by atoms with E-state index < -0.39 is 21.4 Å². The average Bonchev–Trinajstić information content (AvgIpc) is 3.30. The van der Waals surface area contributed by atoms with Gasteiger partial charge < -0.3 is 13.8 Å². The van der Waals surface area contributed by atoms with Gasteiger partial charge in [-0.05, 0) is 103 Å². The molecule has 9 heteroatoms. The minimum absolute atomic E-state index is 0.00915. The molecule has 54 heavy (non-hydrogen) atoms. The van der Waals surface area contributed by atoms with Crippen molar-refractivity contribution in [1.29, 1.82) is 15.8 Å². The first-order chi connectivity index (χ1) is 24.9. The number of hydrogen-bond donors (Lipinski definition) is 0. The maximum Gasteiger partial charge on any atom is 0.192 e. The fourth-order valence-electron chi connectivity index (χ4n) is 6.10. The molecule has 1 aliphatic carbocycles. The van der Waals surface area contributed by atoms with Crippen LogP contribution in [-0.4, -0.2) is 47.7 Å². The highest BCUT2D eigenvalue weighted by molar-refractivity contribution is 8.05. The van der Waals surface area contributed by atoms with Crippen LogP contribution in [0.3, 0.4) is 0 Å². The number of nitrogens with zero attached hydrogens (tertiary/aromatic N) is 4. The minimum Gasteiger partial charge on any atom is -0.415 e. The molecular weight excluding hydrogens is 717 g/mol. The zero-order valence-electron chi connectivity index (χ0n) is 35.5. The first kappa shape index (κ1) is 45.0. The molecule has 290 valence electrons. The third-order valence-electron chi connectivity index (χ3n) is 11.4. The Kier molecular flexibility index (Phi) is 14.7. The second-order valence-electron chi connectivity index (χ2n) is 18.9. The molecule has 3 rings (SSSR count). The third kappa shape index (κ3) is 11.8. The van der Waals surface area contributed by atoms with Gasteiger partial charge in [0.15, 0.2) is 16.6 Å². The molecule has 1 aliphatic heterocycles. The van der Waals surface area contributed by atoms with Crippen LogP contribution in [0.2, 0.25) is 36.3 Å². The molecule has 0 fully saturated rings. The maximum atomic E-state index is 9.95. The minimum atomic E-state index is -1.85. The average molecular weight is 781 g/mol. The number of benzene rings is 1. The fraction of sp³-hybridized carbons (Fsp3) is 0.533. The zero-order valence-corrected chi connectivity index (χ0v) is 38.3. The summed E-state index contributed by atoms with van der Waals surface area (Å²) in [5, 5.41) is 29.2. The van der Waals surface area contributed by atoms with E-state index in [9.17, 15) is 15.8 Å². The van der Waals surface area contributed by atoms with E-state index in [-0.39, 0.29) is 21.1 Å². The summed E-state index contributed by atoms with van der Waals surface area (Å²) in [5.74, 6) is 0. The Bertz CT molecular complexity index is 1790. The molecule has 0 unspecified atom stereocenters. The molecule has 0 bridgehead atoms. The Morgan fingerprint density at radius 2 is 1.35 bits per heavy atom. The molecule has 0 amide bonds. The van der Waals surface area contributed by atoms with Crippen molar-refractivity contribution in [3.8, 4) is 18.2 Å². The maximum absolute atomic E-state index is 9.95. The Balaban J connectivity index is 1.82. The van der Waals surface area contributed by atoms with Crippen LogP contribution in [0.15, 0.2) is 87.4 Å². The zero-order chi connectivity index (χ0) is 40.8. The van der Waals surface area contributed by atoms with Crippen LogP contribution < -0.4 is 4.90 Å². The van der Waals surface area contributed by atoms with Crippen LogP contribution in [0.5, 0.6) is 0 Å². The SMILES string of the molecule is CC1(C)CC(/C=C/c2ccc(N(CCO[Si](C)(C)C(C)(C)C)CCO[Si](C)(C)C(C)(C)C)cc2)=CC(=C/C=C/C2=C(C#N)C(=C(C#N)C#N)SC2(C)C)/C1. The molecule has 0 saturated heterocycles. The number of nitriles is 3. The van der Waals surface area contributed by atoms with Gasteiger partial charge in [0.25, 0.3) is 0 Å². The van der Waals surface area contributed by atoms with Gasteiger partial charge in [0.1, 0.15) is 23.8 Å². The highest BCUT2D eigenvalue weighted by atomic mass is 32.2. The van der Waals surface area contributed by atoms with E-state index in [0.717, 1.165) is 37.1 Å². The monoisotopic (exact) mass is 780 g/mol. The number of thioether (sulfide) groups is 1. The molecule has 0 radical (unpaired) electrons. The lowest BCUT2D eigenvalue weighted by Crippen LogP contribution is -2.44. The van der Waals surface area contributed by atoms with Crippen molar-refractivity contribution in [1.82, 2.24) is 0 Å². The highest BCUT2D eigenvalue weighted by Gasteiger charge is 2.39. The number of anilines is 1. The van der Waals surface area contributed by atoms with Crippen LogP contribution in [0, 0.1) is 39.4 Å². The fourth-order valence-corrected chi connectivity index (χ4v) is 9.41. The highest BCUT2D eigenvalue weighted by Crippen LogP contribution is 2.51. The molecular formula is C45H64N4O2SSi2. The molecule has 0 spiro atoms. The lowest BCUT2D eigenvalue weighted by atomic mass is 9.75. The van der Waals surface area contributed by atoms with E-state index in [1.165, 1.54) is 28.6 Å². The van der Waals surface area contributed by atoms with Gasteiger partial charge >= 0.3 is 0 Å². The molecule has 1 aromatic rings. The van der Waals surface area contributed by atoms with Crippen LogP contribution in [0.4, 0.5) is 5.69 Å². The summed E-state index contributed by atoms with van der Waals surface area (Å²) in [6, 6.07) is 15.0. The lowest BCUT2D eigenvalue weighted by Gasteiger charge is -2.38. The molecule has 1 aromatic carbocycles. The smallest absolute Gasteiger partial charge is 0.192 e. The van der Waals surface area contributed by atoms with Crippen molar-refractivity contribution >= 4 is 40.2 Å². The number of allylic oxidation sites excluding steroid dienone is 9. The summed E-state index contributed by atoms with van der Waals surface area (Å²) in [4.78, 5) is 2.88. The summed E-state index contributed by atoms with van der Waals surface area (Å²) in [6.45, 7) is 34.7. The third-order valence-corrected chi connectivity index (χ3v) is 21.8. The van der Waals surface area contributed by atoms with Crippen molar-refractivity contribution in [2.24, 2.45) is 5.41 Å². The topological polar surface area (TPSA) is 93.1 Å². The Labute approximate surface area is 334 Å². The van der Waals surface area contributed by atoms with Gasteiger partial charge in [-0.1, -0.05) is 104 Å². The second-order valence-corrected chi connectivity index (χ2v) is 30.2. The predicted molar refractivity (Wildman–Crippen MR) is 235 cm³/mol. The largest absolute Gasteiger partial charge is 0.415 e. The Morgan fingerprint density at radius 1 is 0.815 bits per heavy atom. The van der Waals surface area contributed by atoms with Crippen molar-refractivity contribution in [2.45, 2.75) is 123 Å². The van der Waals surface area contributed by atoms with Crippen LogP contribution in [0.25, 0.3) is 6.08 Å². The Hall–Kier alpha value is -3.37. The molecule has 6 nitrogen and oxygen atoms in total. The van der Waals surface area contributed by atoms with Crippen LogP contribution in [0.1, 0.15) is 87.6 Å². The van der Waals surface area contributed by atoms with E-state index in [1.54, 1.807) is 0 Å². The number of rotatable bonds is 13. The predicted octanol–water partition coefficient (Wildman–Crippen LogP) is 12.4. The summed E-state index contributed by atoms with van der Waals surface area (Å²) in [5.41, 5.74) is 6.16. The second kappa shape index (κ2) is 17.6. The van der Waals surface area contributed by atoms with Gasteiger partial charge in [-0.2, -0.15) is 15.8 Å². The van der Waals surface area contributed by atoms with Crippen molar-refractivity contribution in [3.05, 3.63) is 93.0 Å². The molecule has 0 saturated carbocycles. The summed E-state index contributed by atoms with van der Waals surface area (Å²) < 4.78 is 12.8. The first-order valence-corrected chi connectivity index (χ1v) is 25.8. The molecule has 1 heterocycles. The van der Waals surface area contributed by atoms with E-state index in [0.29, 0.717) is 23.7 Å². The summed E-state index contributed by atoms with van der Waals surface area (Å²) in [6.07, 6.45) is 14.7. The van der Waals surface area contributed by atoms with Gasteiger partial charge in [-0.15, -0.1) is 11.8 Å². The molecule has 0 N–H and O–H groups in total. The van der Waals surface area contributed by atoms with E-state index in [2.05, 4.69) is 141 Å².